The summed E-state index contributed by atoms with van der Waals surface area (Å²) in [5.41, 5.74) is 3.71. The van der Waals surface area contributed by atoms with Gasteiger partial charge in [0.15, 0.2) is 5.78 Å². The molecule has 0 unspecified atom stereocenters. The van der Waals surface area contributed by atoms with E-state index in [0.29, 0.717) is 12.2 Å². The Morgan fingerprint density at radius 3 is 2.72 bits per heavy atom. The van der Waals surface area contributed by atoms with Crippen LogP contribution in [0.3, 0.4) is 0 Å². The van der Waals surface area contributed by atoms with Crippen LogP contribution in [0.15, 0.2) is 22.8 Å². The molecule has 1 fully saturated rings. The normalized spacial score (nSPS) is 43.7. The van der Waals surface area contributed by atoms with Crippen molar-refractivity contribution in [1.29, 1.82) is 0 Å². The van der Waals surface area contributed by atoms with Gasteiger partial charge in [0.1, 0.15) is 0 Å². The van der Waals surface area contributed by atoms with Gasteiger partial charge in [0, 0.05) is 17.3 Å². The molecule has 0 aromatic heterocycles. The predicted octanol–water partition coefficient (Wildman–Crippen LogP) is 3.16. The molecular formula is C16H22O2. The second kappa shape index (κ2) is 3.57. The number of carbonyl (C=O) groups excluding carboxylic acids is 1. The topological polar surface area (TPSA) is 37.3 Å². The van der Waals surface area contributed by atoms with Crippen molar-refractivity contribution in [3.63, 3.8) is 0 Å². The van der Waals surface area contributed by atoms with Gasteiger partial charge >= 0.3 is 0 Å². The molecule has 3 rings (SSSR count). The minimum Gasteiger partial charge on any atom is -0.392 e. The third-order valence-corrected chi connectivity index (χ3v) is 5.77. The number of hydrogen-bond donors (Lipinski definition) is 1. The van der Waals surface area contributed by atoms with Crippen molar-refractivity contribution in [2.45, 2.75) is 59.0 Å². The average Bonchev–Trinajstić information content (AvgIpc) is 2.63. The molecule has 0 radical (unpaired) electrons. The van der Waals surface area contributed by atoms with Gasteiger partial charge in [0.25, 0.3) is 0 Å². The van der Waals surface area contributed by atoms with Gasteiger partial charge < -0.3 is 5.11 Å². The van der Waals surface area contributed by atoms with Crippen molar-refractivity contribution in [3.05, 3.63) is 22.8 Å². The van der Waals surface area contributed by atoms with E-state index in [2.05, 4.69) is 19.9 Å². The molecule has 0 amide bonds. The number of aliphatic hydroxyl groups excluding tert-OH is 1. The summed E-state index contributed by atoms with van der Waals surface area (Å²) in [6.45, 7) is 6.47. The van der Waals surface area contributed by atoms with E-state index in [0.717, 1.165) is 31.3 Å². The maximum atomic E-state index is 11.9. The van der Waals surface area contributed by atoms with Gasteiger partial charge in [0.2, 0.25) is 0 Å². The highest BCUT2D eigenvalue weighted by Gasteiger charge is 2.53. The molecule has 3 aliphatic carbocycles. The predicted molar refractivity (Wildman–Crippen MR) is 71.1 cm³/mol. The van der Waals surface area contributed by atoms with E-state index in [-0.39, 0.29) is 16.9 Å². The van der Waals surface area contributed by atoms with Gasteiger partial charge in [-0.25, -0.2) is 0 Å². The fraction of sp³-hybridized carbons (Fsp3) is 0.688. The van der Waals surface area contributed by atoms with Gasteiger partial charge in [-0.15, -0.1) is 0 Å². The summed E-state index contributed by atoms with van der Waals surface area (Å²) >= 11 is 0. The molecule has 18 heavy (non-hydrogen) atoms. The zero-order valence-corrected chi connectivity index (χ0v) is 11.5. The number of hydrogen-bond acceptors (Lipinski definition) is 2. The number of rotatable bonds is 0. The Bertz CT molecular complexity index is 485. The third-order valence-electron chi connectivity index (χ3n) is 5.77. The standard InChI is InChI=1S/C16H22O2/c1-10-11-6-8-16(3)13(4-5-14(16)18)15(11,2)9-7-12(10)17/h4,14,18H,5-9H2,1-3H3/t14-,15+,16-/m0/s1. The Labute approximate surface area is 109 Å². The van der Waals surface area contributed by atoms with E-state index in [1.807, 2.05) is 6.92 Å². The molecule has 3 aliphatic rings. The highest BCUT2D eigenvalue weighted by molar-refractivity contribution is 5.97. The van der Waals surface area contributed by atoms with Crippen molar-refractivity contribution >= 4 is 5.78 Å². The lowest BCUT2D eigenvalue weighted by Gasteiger charge is -2.50. The van der Waals surface area contributed by atoms with E-state index in [4.69, 9.17) is 0 Å². The highest BCUT2D eigenvalue weighted by atomic mass is 16.3. The van der Waals surface area contributed by atoms with Gasteiger partial charge in [-0.3, -0.25) is 4.79 Å². The first kappa shape index (κ1) is 12.2. The summed E-state index contributed by atoms with van der Waals surface area (Å²) in [5, 5.41) is 10.3. The van der Waals surface area contributed by atoms with Crippen LogP contribution in [-0.2, 0) is 4.79 Å². The Balaban J connectivity index is 2.14. The molecule has 2 nitrogen and oxygen atoms in total. The fourth-order valence-corrected chi connectivity index (χ4v) is 4.49. The van der Waals surface area contributed by atoms with Crippen LogP contribution in [0.5, 0.6) is 0 Å². The lowest BCUT2D eigenvalue weighted by Crippen LogP contribution is -2.43. The Kier molecular flexibility index (Phi) is 2.41. The maximum Gasteiger partial charge on any atom is 0.158 e. The molecule has 0 aromatic carbocycles. The van der Waals surface area contributed by atoms with Crippen LogP contribution >= 0.6 is 0 Å². The molecule has 0 bridgehead atoms. The van der Waals surface area contributed by atoms with Crippen LogP contribution in [0.25, 0.3) is 0 Å². The molecular weight excluding hydrogens is 224 g/mol. The quantitative estimate of drug-likeness (QED) is 0.667. The van der Waals surface area contributed by atoms with Gasteiger partial charge in [-0.1, -0.05) is 31.1 Å². The molecule has 1 N–H and O–H groups in total. The summed E-state index contributed by atoms with van der Waals surface area (Å²) in [6.07, 6.45) is 6.33. The van der Waals surface area contributed by atoms with Crippen LogP contribution in [0.1, 0.15) is 52.9 Å². The summed E-state index contributed by atoms with van der Waals surface area (Å²) in [5.74, 6) is 0.324. The average molecular weight is 246 g/mol. The van der Waals surface area contributed by atoms with Crippen molar-refractivity contribution < 1.29 is 9.90 Å². The number of carbonyl (C=O) groups is 1. The summed E-state index contributed by atoms with van der Waals surface area (Å²) in [6, 6.07) is 0. The monoisotopic (exact) mass is 246 g/mol. The number of fused-ring (bicyclic) bond motifs is 3. The second-order valence-corrected chi connectivity index (χ2v) is 6.65. The van der Waals surface area contributed by atoms with Crippen molar-refractivity contribution in [2.24, 2.45) is 10.8 Å². The molecule has 0 aliphatic heterocycles. The van der Waals surface area contributed by atoms with E-state index in [9.17, 15) is 9.90 Å². The Morgan fingerprint density at radius 1 is 1.28 bits per heavy atom. The molecule has 2 heteroatoms. The zero-order chi connectivity index (χ0) is 13.1. The summed E-state index contributed by atoms with van der Waals surface area (Å²) in [4.78, 5) is 11.9. The number of Topliss-reactive ketones (excluding diaryl/α,β-unsaturated/α-hetero) is 1. The van der Waals surface area contributed by atoms with E-state index in [1.165, 1.54) is 11.1 Å². The van der Waals surface area contributed by atoms with E-state index in [1.54, 1.807) is 0 Å². The van der Waals surface area contributed by atoms with Crippen molar-refractivity contribution in [1.82, 2.24) is 0 Å². The first-order valence-electron chi connectivity index (χ1n) is 7.02. The summed E-state index contributed by atoms with van der Waals surface area (Å²) in [7, 11) is 0. The van der Waals surface area contributed by atoms with Gasteiger partial charge in [-0.2, -0.15) is 0 Å². The van der Waals surface area contributed by atoms with Gasteiger partial charge in [-0.05, 0) is 38.2 Å². The lowest BCUT2D eigenvalue weighted by atomic mass is 9.54. The molecule has 98 valence electrons. The molecule has 3 atom stereocenters. The number of ketones is 1. The first-order valence-corrected chi connectivity index (χ1v) is 7.02. The van der Waals surface area contributed by atoms with E-state index < -0.39 is 0 Å². The fourth-order valence-electron chi connectivity index (χ4n) is 4.49. The maximum absolute atomic E-state index is 11.9. The van der Waals surface area contributed by atoms with Crippen molar-refractivity contribution in [3.8, 4) is 0 Å². The Morgan fingerprint density at radius 2 is 2.00 bits per heavy atom. The molecule has 1 saturated carbocycles. The smallest absolute Gasteiger partial charge is 0.158 e. The largest absolute Gasteiger partial charge is 0.392 e. The minimum atomic E-state index is -0.233. The van der Waals surface area contributed by atoms with Crippen LogP contribution in [-0.4, -0.2) is 17.0 Å². The summed E-state index contributed by atoms with van der Waals surface area (Å²) < 4.78 is 0. The number of allylic oxidation sites excluding steroid dienone is 2. The number of aliphatic hydroxyl groups is 1. The second-order valence-electron chi connectivity index (χ2n) is 6.65. The van der Waals surface area contributed by atoms with Crippen molar-refractivity contribution in [2.75, 3.05) is 0 Å². The van der Waals surface area contributed by atoms with E-state index >= 15 is 0 Å². The third kappa shape index (κ3) is 1.30. The molecule has 0 spiro atoms. The highest BCUT2D eigenvalue weighted by Crippen LogP contribution is 2.61. The molecule has 0 saturated heterocycles. The van der Waals surface area contributed by atoms with Crippen LogP contribution in [0, 0.1) is 10.8 Å². The van der Waals surface area contributed by atoms with Crippen LogP contribution in [0.2, 0.25) is 0 Å². The SMILES string of the molecule is CC1=C2CC[C@@]3(C)C(=CC[C@@H]3O)[C@]2(C)CCC1=O. The van der Waals surface area contributed by atoms with Crippen LogP contribution < -0.4 is 0 Å². The Hall–Kier alpha value is -0.890. The van der Waals surface area contributed by atoms with Crippen LogP contribution in [0.4, 0.5) is 0 Å². The minimum absolute atomic E-state index is 0.0302. The zero-order valence-electron chi connectivity index (χ0n) is 11.5. The lowest BCUT2D eigenvalue weighted by molar-refractivity contribution is -0.116. The molecule has 0 aromatic rings. The van der Waals surface area contributed by atoms with Gasteiger partial charge in [0.05, 0.1) is 6.10 Å². The molecule has 0 heterocycles. The first-order chi connectivity index (χ1) is 8.39.